The summed E-state index contributed by atoms with van der Waals surface area (Å²) in [4.78, 5) is 24.8. The predicted molar refractivity (Wildman–Crippen MR) is 63.9 cm³/mol. The highest BCUT2D eigenvalue weighted by Crippen LogP contribution is 2.42. The molecule has 0 aromatic rings. The number of hydrogen-bond donors (Lipinski definition) is 1. The number of piperidine rings is 1. The zero-order valence-corrected chi connectivity index (χ0v) is 10.8. The summed E-state index contributed by atoms with van der Waals surface area (Å²) in [6, 6.07) is -0.0369. The molecular weight excluding hydrogens is 218 g/mol. The van der Waals surface area contributed by atoms with Crippen molar-refractivity contribution in [1.82, 2.24) is 4.90 Å². The minimum Gasteiger partial charge on any atom is -0.465 e. The van der Waals surface area contributed by atoms with E-state index in [9.17, 15) is 14.7 Å². The molecule has 0 aromatic carbocycles. The molecule has 2 aliphatic rings. The molecule has 1 N–H and O–H groups in total. The second-order valence-corrected chi connectivity index (χ2v) is 6.33. The van der Waals surface area contributed by atoms with Crippen molar-refractivity contribution in [2.45, 2.75) is 58.5 Å². The molecule has 1 amide bonds. The molecule has 0 spiro atoms. The molecule has 4 heteroatoms. The third-order valence-electron chi connectivity index (χ3n) is 4.23. The Morgan fingerprint density at radius 3 is 2.47 bits per heavy atom. The highest BCUT2D eigenvalue weighted by Gasteiger charge is 2.49. The summed E-state index contributed by atoms with van der Waals surface area (Å²) in [5.41, 5.74) is -0.0605. The van der Waals surface area contributed by atoms with E-state index in [4.69, 9.17) is 0 Å². The van der Waals surface area contributed by atoms with E-state index in [-0.39, 0.29) is 29.2 Å². The van der Waals surface area contributed by atoms with E-state index in [2.05, 4.69) is 20.8 Å². The summed E-state index contributed by atoms with van der Waals surface area (Å²) >= 11 is 0. The number of carboxylic acid groups (broad SMARTS) is 1. The number of carbonyl (C=O) groups excluding carboxylic acids is 1. The van der Waals surface area contributed by atoms with Crippen molar-refractivity contribution in [3.05, 3.63) is 0 Å². The quantitative estimate of drug-likeness (QED) is 0.706. The number of nitrogens with zero attached hydrogens (tertiary/aromatic N) is 1. The molecule has 96 valence electrons. The van der Waals surface area contributed by atoms with Crippen LogP contribution in [0.15, 0.2) is 0 Å². The van der Waals surface area contributed by atoms with Crippen molar-refractivity contribution in [2.75, 3.05) is 0 Å². The molecule has 1 saturated heterocycles. The third-order valence-corrected chi connectivity index (χ3v) is 4.23. The number of likely N-dealkylation sites (tertiary alicyclic amines) is 1. The van der Waals surface area contributed by atoms with Crippen LogP contribution in [-0.4, -0.2) is 34.0 Å². The second-order valence-electron chi connectivity index (χ2n) is 6.33. The Labute approximate surface area is 102 Å². The number of carbonyl (C=O) groups is 2. The Hall–Kier alpha value is -1.06. The summed E-state index contributed by atoms with van der Waals surface area (Å²) < 4.78 is 0. The van der Waals surface area contributed by atoms with E-state index < -0.39 is 6.09 Å². The average molecular weight is 239 g/mol. The summed E-state index contributed by atoms with van der Waals surface area (Å²) in [5, 5.41) is 9.42. The lowest BCUT2D eigenvalue weighted by Gasteiger charge is -2.47. The molecule has 2 fully saturated rings. The molecule has 2 rings (SSSR count). The van der Waals surface area contributed by atoms with Gasteiger partial charge in [0, 0.05) is 24.4 Å². The van der Waals surface area contributed by atoms with Crippen molar-refractivity contribution in [3.63, 3.8) is 0 Å². The standard InChI is InChI=1S/C13H21NO3/c1-13(2,3)11-7-4-8-9(5-6-10(8)15)14(11)12(16)17/h8-9,11H,4-7H2,1-3H3,(H,16,17). The van der Waals surface area contributed by atoms with Gasteiger partial charge in [-0.2, -0.15) is 0 Å². The van der Waals surface area contributed by atoms with E-state index >= 15 is 0 Å². The van der Waals surface area contributed by atoms with Crippen LogP contribution in [0.3, 0.4) is 0 Å². The molecule has 0 aromatic heterocycles. The minimum absolute atomic E-state index is 0.0344. The van der Waals surface area contributed by atoms with Crippen LogP contribution >= 0.6 is 0 Å². The first-order valence-corrected chi connectivity index (χ1v) is 6.36. The Morgan fingerprint density at radius 2 is 1.94 bits per heavy atom. The second kappa shape index (κ2) is 4.00. The van der Waals surface area contributed by atoms with Crippen LogP contribution < -0.4 is 0 Å². The largest absolute Gasteiger partial charge is 0.465 e. The SMILES string of the molecule is CC(C)(C)C1CCC2C(=O)CCC2N1C(=O)O. The van der Waals surface area contributed by atoms with Gasteiger partial charge in [0.05, 0.1) is 0 Å². The third kappa shape index (κ3) is 2.05. The van der Waals surface area contributed by atoms with Crippen LogP contribution in [0.25, 0.3) is 0 Å². The summed E-state index contributed by atoms with van der Waals surface area (Å²) in [7, 11) is 0. The topological polar surface area (TPSA) is 57.6 Å². The molecule has 17 heavy (non-hydrogen) atoms. The molecule has 1 saturated carbocycles. The van der Waals surface area contributed by atoms with Crippen LogP contribution in [0.4, 0.5) is 4.79 Å². The maximum absolute atomic E-state index is 11.7. The van der Waals surface area contributed by atoms with Gasteiger partial charge in [-0.3, -0.25) is 4.79 Å². The molecule has 1 heterocycles. The number of fused-ring (bicyclic) bond motifs is 1. The molecule has 3 atom stereocenters. The maximum atomic E-state index is 11.7. The van der Waals surface area contributed by atoms with Gasteiger partial charge in [-0.15, -0.1) is 0 Å². The van der Waals surface area contributed by atoms with Gasteiger partial charge in [-0.1, -0.05) is 20.8 Å². The van der Waals surface area contributed by atoms with Gasteiger partial charge in [0.15, 0.2) is 0 Å². The van der Waals surface area contributed by atoms with E-state index in [1.54, 1.807) is 4.90 Å². The lowest BCUT2D eigenvalue weighted by molar-refractivity contribution is -0.123. The van der Waals surface area contributed by atoms with Gasteiger partial charge in [0.25, 0.3) is 0 Å². The van der Waals surface area contributed by atoms with Crippen LogP contribution in [0.2, 0.25) is 0 Å². The van der Waals surface area contributed by atoms with E-state index in [1.807, 2.05) is 0 Å². The lowest BCUT2D eigenvalue weighted by atomic mass is 9.76. The number of amides is 1. The summed E-state index contributed by atoms with van der Waals surface area (Å²) in [5.74, 6) is 0.221. The van der Waals surface area contributed by atoms with Crippen molar-refractivity contribution in [3.8, 4) is 0 Å². The lowest BCUT2D eigenvalue weighted by Crippen LogP contribution is -2.56. The van der Waals surface area contributed by atoms with Crippen molar-refractivity contribution in [2.24, 2.45) is 11.3 Å². The monoisotopic (exact) mass is 239 g/mol. The molecule has 4 nitrogen and oxygen atoms in total. The molecule has 0 radical (unpaired) electrons. The van der Waals surface area contributed by atoms with E-state index in [0.717, 1.165) is 12.8 Å². The highest BCUT2D eigenvalue weighted by atomic mass is 16.4. The van der Waals surface area contributed by atoms with Gasteiger partial charge in [0.1, 0.15) is 5.78 Å². The van der Waals surface area contributed by atoms with Gasteiger partial charge in [0.2, 0.25) is 0 Å². The first-order chi connectivity index (χ1) is 7.82. The number of ketones is 1. The molecular formula is C13H21NO3. The average Bonchev–Trinajstić information content (AvgIpc) is 2.57. The Balaban J connectivity index is 2.28. The molecule has 0 bridgehead atoms. The number of Topliss-reactive ketones (excluding diaryl/α,β-unsaturated/α-hetero) is 1. The minimum atomic E-state index is -0.866. The smallest absolute Gasteiger partial charge is 0.407 e. The van der Waals surface area contributed by atoms with Crippen LogP contribution in [0, 0.1) is 11.3 Å². The molecule has 3 unspecified atom stereocenters. The van der Waals surface area contributed by atoms with E-state index in [1.165, 1.54) is 0 Å². The molecule has 1 aliphatic carbocycles. The Morgan fingerprint density at radius 1 is 1.29 bits per heavy atom. The highest BCUT2D eigenvalue weighted by molar-refractivity contribution is 5.85. The van der Waals surface area contributed by atoms with Gasteiger partial charge >= 0.3 is 6.09 Å². The Bertz CT molecular complexity index is 345. The van der Waals surface area contributed by atoms with Crippen LogP contribution in [-0.2, 0) is 4.79 Å². The van der Waals surface area contributed by atoms with Crippen molar-refractivity contribution in [1.29, 1.82) is 0 Å². The first kappa shape index (κ1) is 12.4. The van der Waals surface area contributed by atoms with Crippen LogP contribution in [0.5, 0.6) is 0 Å². The van der Waals surface area contributed by atoms with Crippen molar-refractivity contribution < 1.29 is 14.7 Å². The summed E-state index contributed by atoms with van der Waals surface area (Å²) in [6.45, 7) is 6.22. The van der Waals surface area contributed by atoms with Crippen LogP contribution in [0.1, 0.15) is 46.5 Å². The fraction of sp³-hybridized carbons (Fsp3) is 0.846. The van der Waals surface area contributed by atoms with Gasteiger partial charge < -0.3 is 10.0 Å². The maximum Gasteiger partial charge on any atom is 0.407 e. The summed E-state index contributed by atoms with van der Waals surface area (Å²) in [6.07, 6.45) is 2.06. The predicted octanol–water partition coefficient (Wildman–Crippen LogP) is 2.52. The zero-order valence-electron chi connectivity index (χ0n) is 10.8. The number of hydrogen-bond acceptors (Lipinski definition) is 2. The fourth-order valence-corrected chi connectivity index (χ4v) is 3.41. The van der Waals surface area contributed by atoms with Gasteiger partial charge in [-0.25, -0.2) is 4.79 Å². The van der Waals surface area contributed by atoms with Crippen molar-refractivity contribution >= 4 is 11.9 Å². The van der Waals surface area contributed by atoms with Gasteiger partial charge in [-0.05, 0) is 24.7 Å². The number of rotatable bonds is 0. The Kier molecular flexibility index (Phi) is 2.92. The normalized spacial score (nSPS) is 33.7. The van der Waals surface area contributed by atoms with E-state index in [0.29, 0.717) is 12.8 Å². The first-order valence-electron chi connectivity index (χ1n) is 6.36. The zero-order chi connectivity index (χ0) is 12.8. The fourth-order valence-electron chi connectivity index (χ4n) is 3.41. The molecule has 1 aliphatic heterocycles.